The molecule has 0 saturated carbocycles. The van der Waals surface area contributed by atoms with Crippen molar-refractivity contribution in [2.24, 2.45) is 0 Å². The number of hydrogen-bond acceptors (Lipinski definition) is 3. The molecule has 0 spiro atoms. The van der Waals surface area contributed by atoms with Gasteiger partial charge in [-0.05, 0) is 94.2 Å². The van der Waals surface area contributed by atoms with E-state index in [-0.39, 0.29) is 5.78 Å². The van der Waals surface area contributed by atoms with E-state index in [1.165, 1.54) is 0 Å². The molecule has 4 nitrogen and oxygen atoms in total. The summed E-state index contributed by atoms with van der Waals surface area (Å²) in [6.07, 6.45) is 2.74. The normalized spacial score (nSPS) is 12.5. The summed E-state index contributed by atoms with van der Waals surface area (Å²) in [6.45, 7) is 11.1. The van der Waals surface area contributed by atoms with Crippen LogP contribution in [-0.2, 0) is 6.42 Å². The van der Waals surface area contributed by atoms with E-state index < -0.39 is 0 Å². The van der Waals surface area contributed by atoms with Crippen molar-refractivity contribution in [3.05, 3.63) is 68.4 Å². The monoisotopic (exact) mass is 534 g/mol. The Balaban J connectivity index is 1.89. The number of halogens is 2. The van der Waals surface area contributed by atoms with Crippen LogP contribution < -0.4 is 4.74 Å². The van der Waals surface area contributed by atoms with Crippen LogP contribution in [0, 0.1) is 0 Å². The number of ether oxygens (including phenoxy) is 1. The lowest BCUT2D eigenvalue weighted by Gasteiger charge is -2.26. The number of carbonyl (C=O) groups is 1. The van der Waals surface area contributed by atoms with Crippen LogP contribution in [0.4, 0.5) is 0 Å². The first kappa shape index (κ1) is 23.0. The molecular weight excluding hydrogens is 508 g/mol. The van der Waals surface area contributed by atoms with Crippen LogP contribution in [0.3, 0.4) is 0 Å². The van der Waals surface area contributed by atoms with Crippen molar-refractivity contribution in [2.75, 3.05) is 19.7 Å². The molecule has 3 aromatic rings. The smallest absolute Gasteiger partial charge is 0.210 e. The van der Waals surface area contributed by atoms with Gasteiger partial charge in [-0.2, -0.15) is 0 Å². The van der Waals surface area contributed by atoms with E-state index in [9.17, 15) is 4.79 Å². The Morgan fingerprint density at radius 1 is 1.10 bits per heavy atom. The molecule has 0 bridgehead atoms. The second kappa shape index (κ2) is 10.1. The summed E-state index contributed by atoms with van der Waals surface area (Å²) in [4.78, 5) is 15.8. The summed E-state index contributed by atoms with van der Waals surface area (Å²) in [5.74, 6) is 0.726. The molecule has 0 radical (unpaired) electrons. The average molecular weight is 536 g/mol. The number of aromatic nitrogens is 1. The van der Waals surface area contributed by atoms with E-state index in [2.05, 4.69) is 70.5 Å². The lowest BCUT2D eigenvalue weighted by molar-refractivity contribution is 0.103. The van der Waals surface area contributed by atoms with Crippen molar-refractivity contribution in [1.29, 1.82) is 0 Å². The molecular formula is C24H28Br2N2O2. The summed E-state index contributed by atoms with van der Waals surface area (Å²) in [6, 6.07) is 12.1. The van der Waals surface area contributed by atoms with E-state index in [1.807, 2.05) is 40.9 Å². The largest absolute Gasteiger partial charge is 0.490 e. The Kier molecular flexibility index (Phi) is 7.77. The van der Waals surface area contributed by atoms with Gasteiger partial charge >= 0.3 is 0 Å². The van der Waals surface area contributed by atoms with Gasteiger partial charge in [-0.3, -0.25) is 9.69 Å². The molecule has 30 heavy (non-hydrogen) atoms. The van der Waals surface area contributed by atoms with Crippen LogP contribution in [0.15, 0.2) is 51.5 Å². The number of rotatable bonds is 9. The maximum absolute atomic E-state index is 13.4. The summed E-state index contributed by atoms with van der Waals surface area (Å²) >= 11 is 7.22. The van der Waals surface area contributed by atoms with Crippen molar-refractivity contribution < 1.29 is 9.53 Å². The number of likely N-dealkylation sites (N-methyl/N-ethyl adjacent to an activating group) is 1. The molecule has 1 unspecified atom stereocenters. The summed E-state index contributed by atoms with van der Waals surface area (Å²) in [5.41, 5.74) is 3.42. The number of hydrogen-bond donors (Lipinski definition) is 0. The van der Waals surface area contributed by atoms with Crippen LogP contribution in [-0.4, -0.2) is 40.8 Å². The molecule has 0 aliphatic rings. The van der Waals surface area contributed by atoms with Crippen LogP contribution >= 0.6 is 31.9 Å². The molecule has 2 heterocycles. The average Bonchev–Trinajstić information content (AvgIpc) is 3.12. The maximum Gasteiger partial charge on any atom is 0.210 e. The SMILES string of the molecule is CCc1cc2ccccn2c1C(=O)c1cc(Br)c(OCC(C)N(CC)CC)c(Br)c1. The Hall–Kier alpha value is -1.63. The van der Waals surface area contributed by atoms with Gasteiger partial charge in [-0.15, -0.1) is 0 Å². The second-order valence-electron chi connectivity index (χ2n) is 7.35. The van der Waals surface area contributed by atoms with Crippen LogP contribution in [0.25, 0.3) is 5.52 Å². The number of carbonyl (C=O) groups excluding carboxylic acids is 1. The first-order valence-electron chi connectivity index (χ1n) is 10.4. The fourth-order valence-electron chi connectivity index (χ4n) is 3.83. The highest BCUT2D eigenvalue weighted by molar-refractivity contribution is 9.11. The first-order chi connectivity index (χ1) is 14.4. The Labute approximate surface area is 195 Å². The maximum atomic E-state index is 13.4. The van der Waals surface area contributed by atoms with Crippen molar-refractivity contribution in [1.82, 2.24) is 9.30 Å². The van der Waals surface area contributed by atoms with E-state index in [1.54, 1.807) is 0 Å². The highest BCUT2D eigenvalue weighted by Crippen LogP contribution is 2.36. The van der Waals surface area contributed by atoms with E-state index in [0.717, 1.165) is 51.0 Å². The number of pyridine rings is 1. The van der Waals surface area contributed by atoms with E-state index >= 15 is 0 Å². The fraction of sp³-hybridized carbons (Fsp3) is 0.375. The highest BCUT2D eigenvalue weighted by Gasteiger charge is 2.21. The van der Waals surface area contributed by atoms with Crippen LogP contribution in [0.5, 0.6) is 5.75 Å². The van der Waals surface area contributed by atoms with Gasteiger partial charge < -0.3 is 9.14 Å². The molecule has 0 N–H and O–H groups in total. The summed E-state index contributed by atoms with van der Waals surface area (Å²) < 4.78 is 9.61. The summed E-state index contributed by atoms with van der Waals surface area (Å²) in [7, 11) is 0. The minimum Gasteiger partial charge on any atom is -0.490 e. The number of aryl methyl sites for hydroxylation is 1. The Bertz CT molecular complexity index is 1020. The topological polar surface area (TPSA) is 34.0 Å². The van der Waals surface area contributed by atoms with Gasteiger partial charge in [-0.1, -0.05) is 26.8 Å². The lowest BCUT2D eigenvalue weighted by Crippen LogP contribution is -2.37. The second-order valence-corrected chi connectivity index (χ2v) is 9.06. The number of ketones is 1. The van der Waals surface area contributed by atoms with Crippen molar-refractivity contribution >= 4 is 43.2 Å². The van der Waals surface area contributed by atoms with Gasteiger partial charge in [0.25, 0.3) is 0 Å². The fourth-order valence-corrected chi connectivity index (χ4v) is 5.24. The minimum absolute atomic E-state index is 0.00232. The standard InChI is InChI=1S/C24H28Br2N2O2/c1-5-17-12-19-10-8-9-11-28(19)22(17)23(29)18-13-20(25)24(21(26)14-18)30-15-16(4)27(6-2)7-3/h8-14,16H,5-7,15H2,1-4H3. The van der Waals surface area contributed by atoms with Gasteiger partial charge in [0.1, 0.15) is 12.4 Å². The molecule has 1 atom stereocenters. The predicted molar refractivity (Wildman–Crippen MR) is 130 cm³/mol. The van der Waals surface area contributed by atoms with E-state index in [4.69, 9.17) is 4.74 Å². The zero-order chi connectivity index (χ0) is 21.8. The molecule has 2 aromatic heterocycles. The van der Waals surface area contributed by atoms with Crippen molar-refractivity contribution in [3.8, 4) is 5.75 Å². The number of benzene rings is 1. The third kappa shape index (κ3) is 4.66. The molecule has 0 fully saturated rings. The quantitative estimate of drug-likeness (QED) is 0.299. The molecule has 0 amide bonds. The van der Waals surface area contributed by atoms with Crippen LogP contribution in [0.1, 0.15) is 49.3 Å². The zero-order valence-corrected chi connectivity index (χ0v) is 21.1. The molecule has 0 aliphatic heterocycles. The van der Waals surface area contributed by atoms with Crippen LogP contribution in [0.2, 0.25) is 0 Å². The molecule has 3 rings (SSSR count). The lowest BCUT2D eigenvalue weighted by atomic mass is 10.0. The highest BCUT2D eigenvalue weighted by atomic mass is 79.9. The molecule has 160 valence electrons. The van der Waals surface area contributed by atoms with E-state index in [0.29, 0.717) is 18.2 Å². The third-order valence-electron chi connectivity index (χ3n) is 5.52. The molecule has 1 aromatic carbocycles. The van der Waals surface area contributed by atoms with Gasteiger partial charge in [0.2, 0.25) is 5.78 Å². The number of fused-ring (bicyclic) bond motifs is 1. The van der Waals surface area contributed by atoms with Crippen molar-refractivity contribution in [2.45, 2.75) is 40.2 Å². The van der Waals surface area contributed by atoms with Gasteiger partial charge in [0.05, 0.1) is 14.6 Å². The number of nitrogens with zero attached hydrogens (tertiary/aromatic N) is 2. The zero-order valence-electron chi connectivity index (χ0n) is 17.9. The summed E-state index contributed by atoms with van der Waals surface area (Å²) in [5, 5.41) is 0. The van der Waals surface area contributed by atoms with Crippen molar-refractivity contribution in [3.63, 3.8) is 0 Å². The van der Waals surface area contributed by atoms with Gasteiger partial charge in [0, 0.05) is 23.3 Å². The Morgan fingerprint density at radius 3 is 2.37 bits per heavy atom. The Morgan fingerprint density at radius 2 is 1.77 bits per heavy atom. The predicted octanol–water partition coefficient (Wildman–Crippen LogP) is 6.37. The molecule has 6 heteroatoms. The molecule has 0 saturated heterocycles. The minimum atomic E-state index is 0.00232. The third-order valence-corrected chi connectivity index (χ3v) is 6.70. The van der Waals surface area contributed by atoms with Gasteiger partial charge in [0.15, 0.2) is 0 Å². The first-order valence-corrected chi connectivity index (χ1v) is 12.0. The van der Waals surface area contributed by atoms with Gasteiger partial charge in [-0.25, -0.2) is 0 Å². The molecule has 0 aliphatic carbocycles.